The Balaban J connectivity index is 2.15. The minimum Gasteiger partial charge on any atom is -0.322 e. The van der Waals surface area contributed by atoms with E-state index in [2.05, 4.69) is 5.32 Å². The Labute approximate surface area is 136 Å². The second-order valence-electron chi connectivity index (χ2n) is 5.21. The van der Waals surface area contributed by atoms with Gasteiger partial charge in [-0.2, -0.15) is 0 Å². The summed E-state index contributed by atoms with van der Waals surface area (Å²) in [6.45, 7) is 3.55. The zero-order valence-corrected chi connectivity index (χ0v) is 13.9. The molecule has 1 N–H and O–H groups in total. The number of aryl methyl sites for hydroxylation is 1. The highest BCUT2D eigenvalue weighted by Gasteiger charge is 2.20. The molecule has 1 amide bonds. The van der Waals surface area contributed by atoms with E-state index in [0.717, 1.165) is 5.56 Å². The molecule has 0 saturated carbocycles. The van der Waals surface area contributed by atoms with Crippen LogP contribution in [-0.4, -0.2) is 20.1 Å². The Kier molecular flexibility index (Phi) is 5.34. The zero-order chi connectivity index (χ0) is 16.9. The number of carbonyl (C=O) groups is 1. The number of hydrogen-bond donors (Lipinski definition) is 1. The van der Waals surface area contributed by atoms with Crippen molar-refractivity contribution in [2.24, 2.45) is 0 Å². The van der Waals surface area contributed by atoms with Crippen LogP contribution in [0.2, 0.25) is 0 Å². The van der Waals surface area contributed by atoms with Crippen LogP contribution >= 0.6 is 0 Å². The van der Waals surface area contributed by atoms with Crippen LogP contribution in [0.25, 0.3) is 0 Å². The van der Waals surface area contributed by atoms with Crippen LogP contribution in [0.5, 0.6) is 0 Å². The summed E-state index contributed by atoms with van der Waals surface area (Å²) in [6, 6.07) is 15.5. The molecule has 0 unspecified atom stereocenters. The lowest BCUT2D eigenvalue weighted by molar-refractivity contribution is -0.112. The Hall–Kier alpha value is -2.40. The minimum absolute atomic E-state index is 0.217. The molecule has 5 heteroatoms. The predicted octanol–water partition coefficient (Wildman–Crippen LogP) is 3.35. The third-order valence-electron chi connectivity index (χ3n) is 3.40. The van der Waals surface area contributed by atoms with Crippen molar-refractivity contribution in [1.29, 1.82) is 0 Å². The van der Waals surface area contributed by atoms with E-state index in [9.17, 15) is 13.2 Å². The molecule has 4 nitrogen and oxygen atoms in total. The van der Waals surface area contributed by atoms with Crippen molar-refractivity contribution in [3.05, 3.63) is 71.8 Å². The van der Waals surface area contributed by atoms with Gasteiger partial charge < -0.3 is 5.32 Å². The van der Waals surface area contributed by atoms with Crippen LogP contribution in [0.15, 0.2) is 71.1 Å². The van der Waals surface area contributed by atoms with Crippen LogP contribution in [0.4, 0.5) is 5.69 Å². The molecule has 0 heterocycles. The second kappa shape index (κ2) is 7.24. The lowest BCUT2D eigenvalue weighted by Crippen LogP contribution is -2.21. The van der Waals surface area contributed by atoms with Gasteiger partial charge in [0.2, 0.25) is 0 Å². The van der Waals surface area contributed by atoms with Gasteiger partial charge in [-0.25, -0.2) is 8.42 Å². The lowest BCUT2D eigenvalue weighted by Gasteiger charge is -2.10. The Morgan fingerprint density at radius 2 is 1.65 bits per heavy atom. The fourth-order valence-corrected chi connectivity index (χ4v) is 3.47. The summed E-state index contributed by atoms with van der Waals surface area (Å²) in [6.07, 6.45) is 1.53. The van der Waals surface area contributed by atoms with Gasteiger partial charge in [0.1, 0.15) is 0 Å². The number of sulfone groups is 1. The first-order valence-electron chi connectivity index (χ1n) is 7.23. The molecule has 0 spiro atoms. The van der Waals surface area contributed by atoms with Gasteiger partial charge in [0.25, 0.3) is 5.91 Å². The third kappa shape index (κ3) is 4.53. The standard InChI is InChI=1S/C18H19NO3S/c1-3-15(18(20)19-16-7-5-4-6-8-16)13-23(21,22)17-11-9-14(2)10-12-17/h3-12H,13H2,1-2H3,(H,19,20)/b15-3-. The van der Waals surface area contributed by atoms with E-state index in [4.69, 9.17) is 0 Å². The van der Waals surface area contributed by atoms with E-state index in [-0.39, 0.29) is 16.2 Å². The first kappa shape index (κ1) is 17.0. The summed E-state index contributed by atoms with van der Waals surface area (Å²) >= 11 is 0. The van der Waals surface area contributed by atoms with E-state index in [1.807, 2.05) is 13.0 Å². The van der Waals surface area contributed by atoms with Crippen molar-refractivity contribution in [3.8, 4) is 0 Å². The average molecular weight is 329 g/mol. The maximum atomic E-state index is 12.4. The van der Waals surface area contributed by atoms with Crippen molar-refractivity contribution in [3.63, 3.8) is 0 Å². The molecule has 120 valence electrons. The fourth-order valence-electron chi connectivity index (χ4n) is 2.05. The summed E-state index contributed by atoms with van der Waals surface area (Å²) in [5.74, 6) is -0.736. The van der Waals surface area contributed by atoms with E-state index in [1.165, 1.54) is 6.08 Å². The van der Waals surface area contributed by atoms with Gasteiger partial charge in [-0.15, -0.1) is 0 Å². The number of anilines is 1. The van der Waals surface area contributed by atoms with E-state index < -0.39 is 15.7 Å². The maximum Gasteiger partial charge on any atom is 0.252 e. The summed E-state index contributed by atoms with van der Waals surface area (Å²) in [4.78, 5) is 12.5. The van der Waals surface area contributed by atoms with Crippen LogP contribution in [0.3, 0.4) is 0 Å². The van der Waals surface area contributed by atoms with E-state index in [1.54, 1.807) is 55.5 Å². The van der Waals surface area contributed by atoms with E-state index in [0.29, 0.717) is 5.69 Å². The molecule has 0 saturated heterocycles. The Bertz CT molecular complexity index is 807. The van der Waals surface area contributed by atoms with Gasteiger partial charge >= 0.3 is 0 Å². The summed E-state index contributed by atoms with van der Waals surface area (Å²) in [5, 5.41) is 2.70. The highest BCUT2D eigenvalue weighted by molar-refractivity contribution is 7.91. The number of allylic oxidation sites excluding steroid dienone is 1. The molecule has 0 atom stereocenters. The maximum absolute atomic E-state index is 12.4. The van der Waals surface area contributed by atoms with Crippen molar-refractivity contribution in [2.45, 2.75) is 18.7 Å². The highest BCUT2D eigenvalue weighted by Crippen LogP contribution is 2.16. The minimum atomic E-state index is -3.55. The van der Waals surface area contributed by atoms with Gasteiger partial charge in [0.05, 0.1) is 10.6 Å². The van der Waals surface area contributed by atoms with Gasteiger partial charge in [-0.3, -0.25) is 4.79 Å². The van der Waals surface area contributed by atoms with E-state index >= 15 is 0 Å². The van der Waals surface area contributed by atoms with Crippen LogP contribution in [0, 0.1) is 6.92 Å². The van der Waals surface area contributed by atoms with Gasteiger partial charge in [0, 0.05) is 11.3 Å². The Morgan fingerprint density at radius 1 is 1.04 bits per heavy atom. The molecule has 23 heavy (non-hydrogen) atoms. The molecule has 0 aliphatic rings. The number of benzene rings is 2. The quantitative estimate of drug-likeness (QED) is 0.856. The molecule has 0 radical (unpaired) electrons. The first-order chi connectivity index (χ1) is 10.9. The smallest absolute Gasteiger partial charge is 0.252 e. The molecule has 0 aliphatic carbocycles. The third-order valence-corrected chi connectivity index (χ3v) is 5.08. The van der Waals surface area contributed by atoms with Crippen molar-refractivity contribution in [2.75, 3.05) is 11.1 Å². The number of amides is 1. The van der Waals surface area contributed by atoms with Crippen LogP contribution in [-0.2, 0) is 14.6 Å². The Morgan fingerprint density at radius 3 is 2.22 bits per heavy atom. The summed E-state index contributed by atoms with van der Waals surface area (Å²) in [5.41, 5.74) is 1.83. The molecular formula is C18H19NO3S. The monoisotopic (exact) mass is 329 g/mol. The van der Waals surface area contributed by atoms with Crippen LogP contribution in [0.1, 0.15) is 12.5 Å². The summed E-state index contributed by atoms with van der Waals surface area (Å²) < 4.78 is 24.9. The molecule has 0 aliphatic heterocycles. The van der Waals surface area contributed by atoms with Gasteiger partial charge in [-0.1, -0.05) is 42.0 Å². The number of carbonyl (C=O) groups excluding carboxylic acids is 1. The second-order valence-corrected chi connectivity index (χ2v) is 7.20. The van der Waals surface area contributed by atoms with Crippen LogP contribution < -0.4 is 5.32 Å². The number of para-hydroxylation sites is 1. The average Bonchev–Trinajstić information content (AvgIpc) is 2.54. The molecule has 0 aromatic heterocycles. The predicted molar refractivity (Wildman–Crippen MR) is 92.1 cm³/mol. The fraction of sp³-hybridized carbons (Fsp3) is 0.167. The topological polar surface area (TPSA) is 63.2 Å². The summed E-state index contributed by atoms with van der Waals surface area (Å²) in [7, 11) is -3.55. The van der Waals surface area contributed by atoms with Gasteiger partial charge in [-0.05, 0) is 38.1 Å². The number of hydrogen-bond acceptors (Lipinski definition) is 3. The molecular weight excluding hydrogens is 310 g/mol. The largest absolute Gasteiger partial charge is 0.322 e. The van der Waals surface area contributed by atoms with Crippen molar-refractivity contribution in [1.82, 2.24) is 0 Å². The molecule has 2 aromatic rings. The molecule has 2 rings (SSSR count). The van der Waals surface area contributed by atoms with Crippen molar-refractivity contribution >= 4 is 21.4 Å². The normalized spacial score (nSPS) is 12.0. The van der Waals surface area contributed by atoms with Gasteiger partial charge in [0.15, 0.2) is 9.84 Å². The molecule has 2 aromatic carbocycles. The number of rotatable bonds is 5. The van der Waals surface area contributed by atoms with Crippen molar-refractivity contribution < 1.29 is 13.2 Å². The SMILES string of the molecule is C/C=C(/CS(=O)(=O)c1ccc(C)cc1)C(=O)Nc1ccccc1. The first-order valence-corrected chi connectivity index (χ1v) is 8.88. The zero-order valence-electron chi connectivity index (χ0n) is 13.1. The molecule has 0 fully saturated rings. The number of nitrogens with one attached hydrogen (secondary N) is 1. The molecule has 0 bridgehead atoms. The lowest BCUT2D eigenvalue weighted by atomic mass is 10.2. The highest BCUT2D eigenvalue weighted by atomic mass is 32.2.